The van der Waals surface area contributed by atoms with Gasteiger partial charge in [-0.1, -0.05) is 13.8 Å². The van der Waals surface area contributed by atoms with Gasteiger partial charge in [0.15, 0.2) is 0 Å². The second-order valence-corrected chi connectivity index (χ2v) is 6.88. The molecule has 0 aromatic rings. The van der Waals surface area contributed by atoms with Crippen molar-refractivity contribution >= 4 is 27.5 Å². The van der Waals surface area contributed by atoms with Gasteiger partial charge in [0.1, 0.15) is 6.04 Å². The standard InChI is InChI=1S/C11H23ClN2O3S/c1-9(2)8-10(11(15)13-3)14-18(16,17)7-5-4-6-12/h9-10,14H,4-8H2,1-3H3,(H,13,15). The van der Waals surface area contributed by atoms with Crippen LogP contribution in [-0.2, 0) is 14.8 Å². The first-order valence-electron chi connectivity index (χ1n) is 6.10. The van der Waals surface area contributed by atoms with Crippen LogP contribution in [0.2, 0.25) is 0 Å². The lowest BCUT2D eigenvalue weighted by molar-refractivity contribution is -0.122. The monoisotopic (exact) mass is 298 g/mol. The fourth-order valence-electron chi connectivity index (χ4n) is 1.52. The van der Waals surface area contributed by atoms with E-state index in [1.807, 2.05) is 13.8 Å². The van der Waals surface area contributed by atoms with Crippen molar-refractivity contribution in [3.05, 3.63) is 0 Å². The Kier molecular flexibility index (Phi) is 8.56. The smallest absolute Gasteiger partial charge is 0.237 e. The van der Waals surface area contributed by atoms with Crippen LogP contribution in [0.25, 0.3) is 0 Å². The molecular weight excluding hydrogens is 276 g/mol. The predicted octanol–water partition coefficient (Wildman–Crippen LogP) is 1.09. The van der Waals surface area contributed by atoms with E-state index in [2.05, 4.69) is 10.0 Å². The number of carbonyl (C=O) groups excluding carboxylic acids is 1. The quantitative estimate of drug-likeness (QED) is 0.494. The molecule has 0 saturated carbocycles. The zero-order valence-corrected chi connectivity index (χ0v) is 12.8. The predicted molar refractivity (Wildman–Crippen MR) is 74.2 cm³/mol. The summed E-state index contributed by atoms with van der Waals surface area (Å²) in [6.45, 7) is 3.88. The van der Waals surface area contributed by atoms with Crippen LogP contribution in [-0.4, -0.2) is 39.0 Å². The Morgan fingerprint density at radius 2 is 1.89 bits per heavy atom. The molecule has 0 aliphatic heterocycles. The fourth-order valence-corrected chi connectivity index (χ4v) is 3.04. The van der Waals surface area contributed by atoms with Crippen LogP contribution in [0.4, 0.5) is 0 Å². The van der Waals surface area contributed by atoms with E-state index >= 15 is 0 Å². The fraction of sp³-hybridized carbons (Fsp3) is 0.909. The van der Waals surface area contributed by atoms with Gasteiger partial charge in [0.05, 0.1) is 5.75 Å². The van der Waals surface area contributed by atoms with E-state index in [9.17, 15) is 13.2 Å². The van der Waals surface area contributed by atoms with Crippen LogP contribution >= 0.6 is 11.6 Å². The van der Waals surface area contributed by atoms with E-state index in [1.165, 1.54) is 7.05 Å². The number of hydrogen-bond donors (Lipinski definition) is 2. The number of hydrogen-bond acceptors (Lipinski definition) is 3. The molecule has 0 bridgehead atoms. The molecule has 18 heavy (non-hydrogen) atoms. The molecule has 5 nitrogen and oxygen atoms in total. The maximum Gasteiger partial charge on any atom is 0.237 e. The maximum atomic E-state index is 11.8. The van der Waals surface area contributed by atoms with E-state index < -0.39 is 16.1 Å². The van der Waals surface area contributed by atoms with Crippen LogP contribution in [0.1, 0.15) is 33.1 Å². The molecule has 0 aliphatic rings. The van der Waals surface area contributed by atoms with Crippen LogP contribution in [0.3, 0.4) is 0 Å². The Hall–Kier alpha value is -0.330. The van der Waals surface area contributed by atoms with E-state index in [0.717, 1.165) is 0 Å². The summed E-state index contributed by atoms with van der Waals surface area (Å²) in [5.74, 6) is 0.383. The highest BCUT2D eigenvalue weighted by molar-refractivity contribution is 7.89. The zero-order chi connectivity index (χ0) is 14.2. The van der Waals surface area contributed by atoms with Crippen LogP contribution in [0, 0.1) is 5.92 Å². The molecule has 1 unspecified atom stereocenters. The Labute approximate surface area is 115 Å². The highest BCUT2D eigenvalue weighted by atomic mass is 35.5. The minimum Gasteiger partial charge on any atom is -0.358 e. The molecule has 1 atom stereocenters. The Bertz CT molecular complexity index is 344. The summed E-state index contributed by atoms with van der Waals surface area (Å²) in [7, 11) is -1.93. The molecule has 0 saturated heterocycles. The average molecular weight is 299 g/mol. The van der Waals surface area contributed by atoms with Gasteiger partial charge in [-0.25, -0.2) is 13.1 Å². The third-order valence-electron chi connectivity index (χ3n) is 2.39. The van der Waals surface area contributed by atoms with Crippen LogP contribution in [0.5, 0.6) is 0 Å². The number of alkyl halides is 1. The Morgan fingerprint density at radius 3 is 2.33 bits per heavy atom. The van der Waals surface area contributed by atoms with Crippen molar-refractivity contribution in [2.45, 2.75) is 39.2 Å². The number of likely N-dealkylation sites (N-methyl/N-ethyl adjacent to an activating group) is 1. The number of nitrogens with one attached hydrogen (secondary N) is 2. The molecule has 0 aliphatic carbocycles. The van der Waals surface area contributed by atoms with Crippen molar-refractivity contribution < 1.29 is 13.2 Å². The highest BCUT2D eigenvalue weighted by Gasteiger charge is 2.24. The van der Waals surface area contributed by atoms with E-state index in [4.69, 9.17) is 11.6 Å². The van der Waals surface area contributed by atoms with Crippen molar-refractivity contribution in [1.29, 1.82) is 0 Å². The normalized spacial score (nSPS) is 13.6. The van der Waals surface area contributed by atoms with E-state index in [1.54, 1.807) is 0 Å². The molecule has 1 amide bonds. The first kappa shape index (κ1) is 17.7. The molecule has 108 valence electrons. The number of sulfonamides is 1. The maximum absolute atomic E-state index is 11.8. The number of amides is 1. The van der Waals surface area contributed by atoms with Gasteiger partial charge in [-0.2, -0.15) is 0 Å². The third kappa shape index (κ3) is 7.89. The minimum atomic E-state index is -3.42. The lowest BCUT2D eigenvalue weighted by Crippen LogP contribution is -2.47. The first-order valence-corrected chi connectivity index (χ1v) is 8.28. The number of halogens is 1. The first-order chi connectivity index (χ1) is 8.32. The van der Waals surface area contributed by atoms with Gasteiger partial charge in [0.2, 0.25) is 15.9 Å². The van der Waals surface area contributed by atoms with Gasteiger partial charge in [-0.3, -0.25) is 4.79 Å². The Morgan fingerprint density at radius 1 is 1.28 bits per heavy atom. The van der Waals surface area contributed by atoms with Crippen molar-refractivity contribution in [2.75, 3.05) is 18.7 Å². The zero-order valence-electron chi connectivity index (χ0n) is 11.2. The summed E-state index contributed by atoms with van der Waals surface area (Å²) >= 11 is 5.50. The van der Waals surface area contributed by atoms with Crippen LogP contribution < -0.4 is 10.0 Å². The summed E-state index contributed by atoms with van der Waals surface area (Å²) < 4.78 is 26.0. The average Bonchev–Trinajstić information content (AvgIpc) is 2.26. The van der Waals surface area contributed by atoms with Gasteiger partial charge in [-0.05, 0) is 25.2 Å². The lowest BCUT2D eigenvalue weighted by atomic mass is 10.0. The van der Waals surface area contributed by atoms with Crippen LogP contribution in [0.15, 0.2) is 0 Å². The van der Waals surface area contributed by atoms with Gasteiger partial charge in [-0.15, -0.1) is 11.6 Å². The Balaban J connectivity index is 4.50. The van der Waals surface area contributed by atoms with Crippen molar-refractivity contribution in [2.24, 2.45) is 5.92 Å². The summed E-state index contributed by atoms with van der Waals surface area (Å²) in [4.78, 5) is 11.6. The molecule has 0 spiro atoms. The number of rotatable bonds is 9. The molecule has 7 heteroatoms. The molecule has 0 heterocycles. The van der Waals surface area contributed by atoms with Gasteiger partial charge >= 0.3 is 0 Å². The minimum absolute atomic E-state index is 0.00527. The summed E-state index contributed by atoms with van der Waals surface area (Å²) in [5, 5.41) is 2.47. The van der Waals surface area contributed by atoms with E-state index in [0.29, 0.717) is 25.1 Å². The molecular formula is C11H23ClN2O3S. The van der Waals surface area contributed by atoms with Crippen molar-refractivity contribution in [1.82, 2.24) is 10.0 Å². The van der Waals surface area contributed by atoms with Gasteiger partial charge < -0.3 is 5.32 Å². The number of unbranched alkanes of at least 4 members (excludes halogenated alkanes) is 1. The third-order valence-corrected chi connectivity index (χ3v) is 4.13. The molecule has 0 aromatic carbocycles. The SMILES string of the molecule is CNC(=O)C(CC(C)C)NS(=O)(=O)CCCCCl. The lowest BCUT2D eigenvalue weighted by Gasteiger charge is -2.19. The molecule has 0 fully saturated rings. The summed E-state index contributed by atoms with van der Waals surface area (Å²) in [6.07, 6.45) is 1.63. The summed E-state index contributed by atoms with van der Waals surface area (Å²) in [6, 6.07) is -0.698. The second-order valence-electron chi connectivity index (χ2n) is 4.63. The topological polar surface area (TPSA) is 75.3 Å². The second kappa shape index (κ2) is 8.72. The highest BCUT2D eigenvalue weighted by Crippen LogP contribution is 2.07. The largest absolute Gasteiger partial charge is 0.358 e. The van der Waals surface area contributed by atoms with E-state index in [-0.39, 0.29) is 17.6 Å². The van der Waals surface area contributed by atoms with Crippen molar-refractivity contribution in [3.8, 4) is 0 Å². The van der Waals surface area contributed by atoms with Crippen molar-refractivity contribution in [3.63, 3.8) is 0 Å². The van der Waals surface area contributed by atoms with Gasteiger partial charge in [0, 0.05) is 12.9 Å². The number of carbonyl (C=O) groups is 1. The molecule has 0 aromatic heterocycles. The summed E-state index contributed by atoms with van der Waals surface area (Å²) in [5.41, 5.74) is 0. The van der Waals surface area contributed by atoms with Gasteiger partial charge in [0.25, 0.3) is 0 Å². The molecule has 0 radical (unpaired) electrons. The molecule has 2 N–H and O–H groups in total. The molecule has 0 rings (SSSR count).